The molecule has 32 heavy (non-hydrogen) atoms. The number of nitrogens with one attached hydrogen (secondary N) is 1. The van der Waals surface area contributed by atoms with Crippen molar-refractivity contribution in [3.63, 3.8) is 0 Å². The van der Waals surface area contributed by atoms with Crippen LogP contribution in [0, 0.1) is 10.1 Å². The highest BCUT2D eigenvalue weighted by Gasteiger charge is 2.24. The number of ether oxygens (including phenoxy) is 2. The fourth-order valence-corrected chi connectivity index (χ4v) is 3.99. The standard InChI is InChI=1S/C20H24ClN3O7S/c1-30-19-10-9-15(24(26)27)14-17(19)23(32(2,28)29)12-5-8-20(25)22-11-13-31-18-7-4-3-6-16(18)21/h3-4,6-7,9-10,14H,5,8,11-13H2,1-2H3,(H,22,25). The average Bonchev–Trinajstić information content (AvgIpc) is 2.74. The summed E-state index contributed by atoms with van der Waals surface area (Å²) in [5, 5.41) is 14.2. The maximum absolute atomic E-state index is 12.3. The van der Waals surface area contributed by atoms with Crippen LogP contribution in [0.15, 0.2) is 42.5 Å². The van der Waals surface area contributed by atoms with E-state index in [1.807, 2.05) is 0 Å². The van der Waals surface area contributed by atoms with Crippen LogP contribution < -0.4 is 19.1 Å². The number of benzene rings is 2. The molecule has 0 aliphatic rings. The number of nitro benzene ring substituents is 1. The maximum atomic E-state index is 12.3. The van der Waals surface area contributed by atoms with Gasteiger partial charge in [-0.1, -0.05) is 23.7 Å². The number of carbonyl (C=O) groups excluding carboxylic acids is 1. The van der Waals surface area contributed by atoms with Crippen molar-refractivity contribution in [2.24, 2.45) is 0 Å². The minimum Gasteiger partial charge on any atom is -0.495 e. The summed E-state index contributed by atoms with van der Waals surface area (Å²) in [5.74, 6) is 0.396. The molecule has 0 bridgehead atoms. The molecular formula is C20H24ClN3O7S. The number of methoxy groups -OCH3 is 1. The van der Waals surface area contributed by atoms with Crippen LogP contribution in [0.1, 0.15) is 12.8 Å². The highest BCUT2D eigenvalue weighted by atomic mass is 35.5. The number of carbonyl (C=O) groups is 1. The zero-order valence-corrected chi connectivity index (χ0v) is 19.2. The highest BCUT2D eigenvalue weighted by Crippen LogP contribution is 2.33. The molecule has 0 unspecified atom stereocenters. The third-order valence-corrected chi connectivity index (χ3v) is 5.82. The summed E-state index contributed by atoms with van der Waals surface area (Å²) in [6, 6.07) is 10.7. The number of hydrogen-bond donors (Lipinski definition) is 1. The summed E-state index contributed by atoms with van der Waals surface area (Å²) in [4.78, 5) is 22.5. The number of nitro groups is 1. The first-order valence-corrected chi connectivity index (χ1v) is 11.8. The number of non-ortho nitro benzene ring substituents is 1. The lowest BCUT2D eigenvalue weighted by Gasteiger charge is -2.24. The third-order valence-electron chi connectivity index (χ3n) is 4.33. The molecule has 0 saturated carbocycles. The summed E-state index contributed by atoms with van der Waals surface area (Å²) in [6.45, 7) is 0.411. The molecule has 2 aromatic rings. The van der Waals surface area contributed by atoms with Gasteiger partial charge in [-0.2, -0.15) is 0 Å². The Labute approximate surface area is 191 Å². The Hall–Kier alpha value is -3.05. The molecule has 0 atom stereocenters. The van der Waals surface area contributed by atoms with Crippen molar-refractivity contribution in [3.8, 4) is 11.5 Å². The molecule has 1 N–H and O–H groups in total. The smallest absolute Gasteiger partial charge is 0.271 e. The Bertz CT molecular complexity index is 1060. The zero-order valence-electron chi connectivity index (χ0n) is 17.6. The van der Waals surface area contributed by atoms with Crippen LogP contribution >= 0.6 is 11.6 Å². The van der Waals surface area contributed by atoms with E-state index in [0.29, 0.717) is 10.8 Å². The topological polar surface area (TPSA) is 128 Å². The van der Waals surface area contributed by atoms with Gasteiger partial charge in [0, 0.05) is 25.1 Å². The molecule has 0 radical (unpaired) electrons. The largest absolute Gasteiger partial charge is 0.495 e. The second-order valence-electron chi connectivity index (χ2n) is 6.68. The molecule has 0 saturated heterocycles. The van der Waals surface area contributed by atoms with Crippen molar-refractivity contribution in [1.29, 1.82) is 0 Å². The van der Waals surface area contributed by atoms with E-state index in [9.17, 15) is 23.3 Å². The number of para-hydroxylation sites is 1. The van der Waals surface area contributed by atoms with Gasteiger partial charge in [0.15, 0.2) is 0 Å². The van der Waals surface area contributed by atoms with Gasteiger partial charge in [-0.25, -0.2) is 8.42 Å². The first-order valence-electron chi connectivity index (χ1n) is 9.57. The Kier molecular flexibility index (Phi) is 9.09. The molecular weight excluding hydrogens is 462 g/mol. The quantitative estimate of drug-likeness (QED) is 0.278. The van der Waals surface area contributed by atoms with Gasteiger partial charge in [0.2, 0.25) is 15.9 Å². The number of amides is 1. The lowest BCUT2D eigenvalue weighted by molar-refractivity contribution is -0.384. The molecule has 0 spiro atoms. The highest BCUT2D eigenvalue weighted by molar-refractivity contribution is 7.92. The van der Waals surface area contributed by atoms with E-state index in [2.05, 4.69) is 5.32 Å². The monoisotopic (exact) mass is 485 g/mol. The molecule has 2 rings (SSSR count). The molecule has 10 nitrogen and oxygen atoms in total. The van der Waals surface area contributed by atoms with Gasteiger partial charge in [-0.15, -0.1) is 0 Å². The Balaban J connectivity index is 1.92. The van der Waals surface area contributed by atoms with Crippen molar-refractivity contribution < 1.29 is 27.6 Å². The van der Waals surface area contributed by atoms with Crippen molar-refractivity contribution in [3.05, 3.63) is 57.6 Å². The lowest BCUT2D eigenvalue weighted by atomic mass is 10.2. The Morgan fingerprint density at radius 3 is 2.56 bits per heavy atom. The first kappa shape index (κ1) is 25.2. The van der Waals surface area contributed by atoms with Gasteiger partial charge in [0.05, 0.1) is 29.9 Å². The fraction of sp³-hybridized carbons (Fsp3) is 0.350. The number of nitrogens with zero attached hydrogens (tertiary/aromatic N) is 2. The van der Waals surface area contributed by atoms with Crippen LogP contribution in [0.3, 0.4) is 0 Å². The van der Waals surface area contributed by atoms with Crippen LogP contribution in [0.5, 0.6) is 11.5 Å². The Morgan fingerprint density at radius 2 is 1.94 bits per heavy atom. The van der Waals surface area contributed by atoms with E-state index < -0.39 is 14.9 Å². The van der Waals surface area contributed by atoms with E-state index in [4.69, 9.17) is 21.1 Å². The van der Waals surface area contributed by atoms with Crippen molar-refractivity contribution >= 4 is 38.9 Å². The molecule has 0 aliphatic heterocycles. The normalized spacial score (nSPS) is 11.0. The van der Waals surface area contributed by atoms with Crippen molar-refractivity contribution in [1.82, 2.24) is 5.32 Å². The summed E-state index contributed by atoms with van der Waals surface area (Å²) < 4.78 is 36.2. The van der Waals surface area contributed by atoms with Gasteiger partial charge in [0.1, 0.15) is 23.8 Å². The molecule has 12 heteroatoms. The second kappa shape index (κ2) is 11.5. The predicted molar refractivity (Wildman–Crippen MR) is 121 cm³/mol. The minimum absolute atomic E-state index is 0.0396. The van der Waals surface area contributed by atoms with Crippen LogP contribution in [-0.4, -0.2) is 52.3 Å². The second-order valence-corrected chi connectivity index (χ2v) is 8.99. The number of halogens is 1. The number of sulfonamides is 1. The van der Waals surface area contributed by atoms with Crippen molar-refractivity contribution in [2.45, 2.75) is 12.8 Å². The zero-order chi connectivity index (χ0) is 23.7. The SMILES string of the molecule is COc1ccc([N+](=O)[O-])cc1N(CCCC(=O)NCCOc1ccccc1Cl)S(C)(=O)=O. The van der Waals surface area contributed by atoms with Crippen LogP contribution in [0.25, 0.3) is 0 Å². The summed E-state index contributed by atoms with van der Waals surface area (Å²) in [6.07, 6.45) is 1.23. The number of rotatable bonds is 12. The van der Waals surface area contributed by atoms with Crippen LogP contribution in [0.2, 0.25) is 5.02 Å². The number of hydrogen-bond acceptors (Lipinski definition) is 7. The third kappa shape index (κ3) is 7.27. The Morgan fingerprint density at radius 1 is 1.22 bits per heavy atom. The molecule has 0 fully saturated rings. The van der Waals surface area contributed by atoms with Gasteiger partial charge < -0.3 is 14.8 Å². The van der Waals surface area contributed by atoms with Gasteiger partial charge in [-0.3, -0.25) is 19.2 Å². The van der Waals surface area contributed by atoms with E-state index in [-0.39, 0.29) is 55.6 Å². The molecule has 0 aromatic heterocycles. The van der Waals surface area contributed by atoms with Gasteiger partial charge >= 0.3 is 0 Å². The molecule has 0 heterocycles. The summed E-state index contributed by atoms with van der Waals surface area (Å²) >= 11 is 5.99. The van der Waals surface area contributed by atoms with E-state index in [1.54, 1.807) is 24.3 Å². The molecule has 1 amide bonds. The van der Waals surface area contributed by atoms with E-state index in [0.717, 1.165) is 16.6 Å². The van der Waals surface area contributed by atoms with Gasteiger partial charge in [-0.05, 0) is 24.6 Å². The lowest BCUT2D eigenvalue weighted by Crippen LogP contribution is -2.33. The predicted octanol–water partition coefficient (Wildman–Crippen LogP) is 3.00. The number of anilines is 1. The summed E-state index contributed by atoms with van der Waals surface area (Å²) in [5.41, 5.74) is -0.233. The van der Waals surface area contributed by atoms with Gasteiger partial charge in [0.25, 0.3) is 5.69 Å². The first-order chi connectivity index (χ1) is 15.1. The molecule has 174 valence electrons. The maximum Gasteiger partial charge on any atom is 0.271 e. The van der Waals surface area contributed by atoms with E-state index >= 15 is 0 Å². The van der Waals surface area contributed by atoms with Crippen molar-refractivity contribution in [2.75, 3.05) is 37.4 Å². The minimum atomic E-state index is -3.78. The summed E-state index contributed by atoms with van der Waals surface area (Å²) in [7, 11) is -2.44. The molecule has 0 aliphatic carbocycles. The van der Waals surface area contributed by atoms with Crippen LogP contribution in [0.4, 0.5) is 11.4 Å². The van der Waals surface area contributed by atoms with Crippen LogP contribution in [-0.2, 0) is 14.8 Å². The average molecular weight is 486 g/mol. The van der Waals surface area contributed by atoms with E-state index in [1.165, 1.54) is 19.2 Å². The molecule has 2 aromatic carbocycles. The fourth-order valence-electron chi connectivity index (χ4n) is 2.84.